The number of ether oxygens (including phenoxy) is 2. The van der Waals surface area contributed by atoms with E-state index >= 15 is 0 Å². The summed E-state index contributed by atoms with van der Waals surface area (Å²) in [5, 5.41) is 1.10. The maximum atomic E-state index is 6.08. The number of anilines is 1. The fraction of sp³-hybridized carbons (Fsp3) is 0.625. The predicted molar refractivity (Wildman–Crippen MR) is 84.0 cm³/mol. The zero-order chi connectivity index (χ0) is 14.8. The molecule has 2 aromatic rings. The van der Waals surface area contributed by atoms with Gasteiger partial charge in [-0.15, -0.1) is 0 Å². The maximum absolute atomic E-state index is 6.08. The summed E-state index contributed by atoms with van der Waals surface area (Å²) in [6, 6.07) is 2.05. The Bertz CT molecular complexity index is 615. The Morgan fingerprint density at radius 3 is 3.00 bits per heavy atom. The van der Waals surface area contributed by atoms with Crippen molar-refractivity contribution in [2.75, 3.05) is 37.8 Å². The third kappa shape index (κ3) is 2.80. The molecule has 0 spiro atoms. The van der Waals surface area contributed by atoms with Crippen molar-refractivity contribution in [1.82, 2.24) is 15.0 Å². The summed E-state index contributed by atoms with van der Waals surface area (Å²) in [6.07, 6.45) is 7.19. The van der Waals surface area contributed by atoms with E-state index in [0.717, 1.165) is 69.0 Å². The van der Waals surface area contributed by atoms with Crippen LogP contribution in [0.1, 0.15) is 19.3 Å². The Balaban J connectivity index is 1.34. The third-order valence-electron chi connectivity index (χ3n) is 4.67. The number of rotatable bonds is 4. The number of aromatic nitrogens is 3. The third-order valence-corrected chi connectivity index (χ3v) is 4.67. The van der Waals surface area contributed by atoms with Crippen LogP contribution in [0, 0.1) is 5.92 Å². The predicted octanol–water partition coefficient (Wildman–Crippen LogP) is 1.98. The van der Waals surface area contributed by atoms with Crippen LogP contribution >= 0.6 is 0 Å². The molecule has 2 aliphatic rings. The number of H-pyrrole nitrogens is 1. The summed E-state index contributed by atoms with van der Waals surface area (Å²) in [5.41, 5.74) is 0.907. The lowest BCUT2D eigenvalue weighted by molar-refractivity contribution is 0.0131. The van der Waals surface area contributed by atoms with E-state index in [9.17, 15) is 0 Å². The van der Waals surface area contributed by atoms with Crippen LogP contribution in [-0.2, 0) is 9.47 Å². The Kier molecular flexibility index (Phi) is 3.95. The monoisotopic (exact) mass is 302 g/mol. The van der Waals surface area contributed by atoms with Crippen molar-refractivity contribution in [2.24, 2.45) is 5.92 Å². The second-order valence-corrected chi connectivity index (χ2v) is 6.19. The first-order valence-corrected chi connectivity index (χ1v) is 8.12. The minimum Gasteiger partial charge on any atom is -0.381 e. The molecule has 0 saturated carbocycles. The average Bonchev–Trinajstić information content (AvgIpc) is 3.24. The number of aromatic amines is 1. The topological polar surface area (TPSA) is 63.3 Å². The SMILES string of the molecule is c1nc(N2CCC(OCC3CCOC3)CC2)c2cc[nH]c2n1. The zero-order valence-corrected chi connectivity index (χ0v) is 12.7. The summed E-state index contributed by atoms with van der Waals surface area (Å²) in [5.74, 6) is 1.63. The first-order valence-electron chi connectivity index (χ1n) is 8.12. The molecule has 2 saturated heterocycles. The van der Waals surface area contributed by atoms with Crippen LogP contribution in [0.5, 0.6) is 0 Å². The van der Waals surface area contributed by atoms with Crippen LogP contribution < -0.4 is 4.90 Å². The average molecular weight is 302 g/mol. The van der Waals surface area contributed by atoms with Gasteiger partial charge >= 0.3 is 0 Å². The smallest absolute Gasteiger partial charge is 0.142 e. The first kappa shape index (κ1) is 14.0. The molecule has 0 aliphatic carbocycles. The molecule has 6 heteroatoms. The molecular weight excluding hydrogens is 280 g/mol. The van der Waals surface area contributed by atoms with Crippen molar-refractivity contribution < 1.29 is 9.47 Å². The molecule has 2 aliphatic heterocycles. The minimum atomic E-state index is 0.375. The molecule has 1 atom stereocenters. The van der Waals surface area contributed by atoms with Gasteiger partial charge in [-0.25, -0.2) is 9.97 Å². The van der Waals surface area contributed by atoms with Crippen molar-refractivity contribution in [3.63, 3.8) is 0 Å². The van der Waals surface area contributed by atoms with Crippen LogP contribution in [0.15, 0.2) is 18.6 Å². The van der Waals surface area contributed by atoms with Gasteiger partial charge in [-0.3, -0.25) is 0 Å². The van der Waals surface area contributed by atoms with Gasteiger partial charge in [0.25, 0.3) is 0 Å². The lowest BCUT2D eigenvalue weighted by Crippen LogP contribution is -2.38. The zero-order valence-electron chi connectivity index (χ0n) is 12.7. The van der Waals surface area contributed by atoms with Crippen LogP contribution in [0.2, 0.25) is 0 Å². The Labute approximate surface area is 129 Å². The maximum Gasteiger partial charge on any atom is 0.142 e. The molecule has 0 aromatic carbocycles. The second-order valence-electron chi connectivity index (χ2n) is 6.19. The molecule has 1 N–H and O–H groups in total. The van der Waals surface area contributed by atoms with Gasteiger partial charge in [-0.2, -0.15) is 0 Å². The number of fused-ring (bicyclic) bond motifs is 1. The van der Waals surface area contributed by atoms with E-state index in [1.54, 1.807) is 6.33 Å². The number of hydrogen-bond acceptors (Lipinski definition) is 5. The van der Waals surface area contributed by atoms with Crippen molar-refractivity contribution in [3.8, 4) is 0 Å². The fourth-order valence-electron chi connectivity index (χ4n) is 3.33. The highest BCUT2D eigenvalue weighted by Gasteiger charge is 2.24. The summed E-state index contributed by atoms with van der Waals surface area (Å²) in [7, 11) is 0. The molecule has 2 fully saturated rings. The first-order chi connectivity index (χ1) is 10.9. The summed E-state index contributed by atoms with van der Waals surface area (Å²) in [6.45, 7) is 4.59. The fourth-order valence-corrected chi connectivity index (χ4v) is 3.33. The molecule has 0 radical (unpaired) electrons. The van der Waals surface area contributed by atoms with Gasteiger partial charge in [0.15, 0.2) is 0 Å². The number of hydrogen-bond donors (Lipinski definition) is 1. The lowest BCUT2D eigenvalue weighted by atomic mass is 10.1. The molecule has 6 nitrogen and oxygen atoms in total. The summed E-state index contributed by atoms with van der Waals surface area (Å²) in [4.78, 5) is 14.2. The summed E-state index contributed by atoms with van der Waals surface area (Å²) >= 11 is 0. The van der Waals surface area contributed by atoms with E-state index in [4.69, 9.17) is 9.47 Å². The number of nitrogens with one attached hydrogen (secondary N) is 1. The van der Waals surface area contributed by atoms with Gasteiger partial charge in [0.05, 0.1) is 24.7 Å². The van der Waals surface area contributed by atoms with Crippen LogP contribution in [0.25, 0.3) is 11.0 Å². The van der Waals surface area contributed by atoms with Crippen molar-refractivity contribution in [2.45, 2.75) is 25.4 Å². The normalized spacial score (nSPS) is 23.5. The van der Waals surface area contributed by atoms with E-state index in [2.05, 4.69) is 19.9 Å². The summed E-state index contributed by atoms with van der Waals surface area (Å²) < 4.78 is 11.5. The second kappa shape index (κ2) is 6.22. The quantitative estimate of drug-likeness (QED) is 0.935. The van der Waals surface area contributed by atoms with E-state index in [1.807, 2.05) is 12.3 Å². The van der Waals surface area contributed by atoms with E-state index < -0.39 is 0 Å². The molecular formula is C16H22N4O2. The van der Waals surface area contributed by atoms with Crippen LogP contribution in [0.4, 0.5) is 5.82 Å². The van der Waals surface area contributed by atoms with Gasteiger partial charge in [0, 0.05) is 31.8 Å². The highest BCUT2D eigenvalue weighted by molar-refractivity contribution is 5.87. The van der Waals surface area contributed by atoms with Crippen molar-refractivity contribution >= 4 is 16.9 Å². The Morgan fingerprint density at radius 2 is 2.18 bits per heavy atom. The molecule has 22 heavy (non-hydrogen) atoms. The van der Waals surface area contributed by atoms with Gasteiger partial charge in [-0.05, 0) is 25.3 Å². The van der Waals surface area contributed by atoms with Crippen molar-refractivity contribution in [1.29, 1.82) is 0 Å². The highest BCUT2D eigenvalue weighted by atomic mass is 16.5. The molecule has 2 aromatic heterocycles. The van der Waals surface area contributed by atoms with Gasteiger partial charge in [0.1, 0.15) is 17.8 Å². The largest absolute Gasteiger partial charge is 0.381 e. The number of nitrogens with zero attached hydrogens (tertiary/aromatic N) is 3. The lowest BCUT2D eigenvalue weighted by Gasteiger charge is -2.33. The standard InChI is InChI=1S/C16H22N4O2/c1-5-17-15-14(1)16(19-11-18-15)20-6-2-13(3-7-20)22-10-12-4-8-21-9-12/h1,5,11-13H,2-4,6-10H2,(H,17,18,19). The van der Waals surface area contributed by atoms with Crippen LogP contribution in [-0.4, -0.2) is 54.0 Å². The van der Waals surface area contributed by atoms with E-state index in [0.29, 0.717) is 12.0 Å². The van der Waals surface area contributed by atoms with Crippen LogP contribution in [0.3, 0.4) is 0 Å². The number of piperidine rings is 1. The van der Waals surface area contributed by atoms with Gasteiger partial charge < -0.3 is 19.4 Å². The van der Waals surface area contributed by atoms with Gasteiger partial charge in [0.2, 0.25) is 0 Å². The molecule has 4 heterocycles. The van der Waals surface area contributed by atoms with E-state index in [1.165, 1.54) is 0 Å². The highest BCUT2D eigenvalue weighted by Crippen LogP contribution is 2.26. The minimum absolute atomic E-state index is 0.375. The Morgan fingerprint density at radius 1 is 1.27 bits per heavy atom. The molecule has 0 bridgehead atoms. The molecule has 4 rings (SSSR count). The Hall–Kier alpha value is -1.66. The molecule has 0 amide bonds. The molecule has 1 unspecified atom stereocenters. The van der Waals surface area contributed by atoms with Gasteiger partial charge in [-0.1, -0.05) is 0 Å². The van der Waals surface area contributed by atoms with E-state index in [-0.39, 0.29) is 0 Å². The molecule has 118 valence electrons. The van der Waals surface area contributed by atoms with Crippen molar-refractivity contribution in [3.05, 3.63) is 18.6 Å².